The van der Waals surface area contributed by atoms with E-state index in [0.29, 0.717) is 0 Å². The molecule has 1 aromatic carbocycles. The highest BCUT2D eigenvalue weighted by molar-refractivity contribution is 5.96. The predicted octanol–water partition coefficient (Wildman–Crippen LogP) is -0.404. The average molecular weight is 281 g/mol. The van der Waals surface area contributed by atoms with Crippen molar-refractivity contribution in [3.05, 3.63) is 35.1 Å². The summed E-state index contributed by atoms with van der Waals surface area (Å²) in [5.41, 5.74) is 0.319. The van der Waals surface area contributed by atoms with Crippen LogP contribution in [0, 0.1) is 17.7 Å². The second-order valence-electron chi connectivity index (χ2n) is 3.89. The van der Waals surface area contributed by atoms with E-state index < -0.39 is 18.3 Å². The molecule has 1 rings (SSSR count). The zero-order valence-electron chi connectivity index (χ0n) is 10.8. The third kappa shape index (κ3) is 4.31. The van der Waals surface area contributed by atoms with E-state index in [1.807, 2.05) is 0 Å². The van der Waals surface area contributed by atoms with Gasteiger partial charge in [-0.15, -0.1) is 0 Å². The highest BCUT2D eigenvalue weighted by Gasteiger charge is 2.18. The van der Waals surface area contributed by atoms with E-state index in [4.69, 9.17) is 15.3 Å². The number of halogens is 1. The molecule has 0 atom stereocenters. The van der Waals surface area contributed by atoms with Crippen molar-refractivity contribution in [2.45, 2.75) is 0 Å². The van der Waals surface area contributed by atoms with Crippen LogP contribution in [-0.4, -0.2) is 59.0 Å². The van der Waals surface area contributed by atoms with E-state index in [0.717, 1.165) is 12.1 Å². The number of nitrogens with zero attached hydrogens (tertiary/aromatic N) is 1. The molecule has 108 valence electrons. The number of amides is 1. The van der Waals surface area contributed by atoms with Crippen molar-refractivity contribution in [1.29, 1.82) is 0 Å². The first kappa shape index (κ1) is 16.1. The molecule has 0 fully saturated rings. The van der Waals surface area contributed by atoms with Crippen LogP contribution in [0.25, 0.3) is 0 Å². The van der Waals surface area contributed by atoms with Gasteiger partial charge in [-0.2, -0.15) is 0 Å². The fourth-order valence-corrected chi connectivity index (χ4v) is 1.67. The monoisotopic (exact) mass is 281 g/mol. The molecule has 0 aliphatic rings. The molecule has 0 aliphatic carbocycles. The van der Waals surface area contributed by atoms with Crippen LogP contribution in [0.2, 0.25) is 0 Å². The molecule has 0 saturated heterocycles. The van der Waals surface area contributed by atoms with Gasteiger partial charge in [0, 0.05) is 18.7 Å². The van der Waals surface area contributed by atoms with E-state index in [1.54, 1.807) is 0 Å². The molecule has 0 spiro atoms. The molecule has 1 amide bonds. The van der Waals surface area contributed by atoms with Gasteiger partial charge in [-0.25, -0.2) is 4.39 Å². The zero-order chi connectivity index (χ0) is 15.0. The lowest BCUT2D eigenvalue weighted by molar-refractivity contribution is 0.0684. The lowest BCUT2D eigenvalue weighted by Gasteiger charge is -2.21. The number of aliphatic hydroxyl groups excluding tert-OH is 3. The first-order valence-corrected chi connectivity index (χ1v) is 6.04. The Labute approximate surface area is 116 Å². The minimum absolute atomic E-state index is 0.0592. The first-order chi connectivity index (χ1) is 9.63. The second kappa shape index (κ2) is 8.27. The average Bonchev–Trinajstić information content (AvgIpc) is 2.44. The fraction of sp³-hybridized carbons (Fsp3) is 0.357. The second-order valence-corrected chi connectivity index (χ2v) is 3.89. The van der Waals surface area contributed by atoms with Gasteiger partial charge >= 0.3 is 0 Å². The van der Waals surface area contributed by atoms with Crippen LogP contribution in [-0.2, 0) is 0 Å². The van der Waals surface area contributed by atoms with E-state index in [-0.39, 0.29) is 37.4 Å². The molecule has 0 saturated carbocycles. The molecule has 0 bridgehead atoms. The molecular formula is C14H16FNO4. The summed E-state index contributed by atoms with van der Waals surface area (Å²) in [5.74, 6) is 3.87. The Balaban J connectivity index is 3.12. The Morgan fingerprint density at radius 2 is 1.85 bits per heavy atom. The van der Waals surface area contributed by atoms with Crippen molar-refractivity contribution in [3.8, 4) is 11.8 Å². The van der Waals surface area contributed by atoms with Crippen molar-refractivity contribution >= 4 is 5.91 Å². The van der Waals surface area contributed by atoms with Gasteiger partial charge in [0.25, 0.3) is 5.91 Å². The highest BCUT2D eigenvalue weighted by Crippen LogP contribution is 2.13. The van der Waals surface area contributed by atoms with Crippen LogP contribution < -0.4 is 0 Å². The molecule has 6 heteroatoms. The van der Waals surface area contributed by atoms with Gasteiger partial charge in [0.1, 0.15) is 12.4 Å². The molecule has 20 heavy (non-hydrogen) atoms. The summed E-state index contributed by atoms with van der Waals surface area (Å²) >= 11 is 0. The number of rotatable bonds is 5. The van der Waals surface area contributed by atoms with Crippen molar-refractivity contribution in [1.82, 2.24) is 4.90 Å². The van der Waals surface area contributed by atoms with Gasteiger partial charge in [0.2, 0.25) is 0 Å². The summed E-state index contributed by atoms with van der Waals surface area (Å²) in [6, 6.07) is 3.53. The summed E-state index contributed by atoms with van der Waals surface area (Å²) in [7, 11) is 0. The van der Waals surface area contributed by atoms with E-state index in [1.165, 1.54) is 11.0 Å². The molecular weight excluding hydrogens is 265 g/mol. The van der Waals surface area contributed by atoms with E-state index in [2.05, 4.69) is 11.8 Å². The number of hydrogen-bond acceptors (Lipinski definition) is 4. The summed E-state index contributed by atoms with van der Waals surface area (Å²) in [6.45, 7) is -0.774. The summed E-state index contributed by atoms with van der Waals surface area (Å²) in [4.78, 5) is 13.5. The van der Waals surface area contributed by atoms with Gasteiger partial charge in [-0.05, 0) is 18.2 Å². The van der Waals surface area contributed by atoms with Gasteiger partial charge < -0.3 is 20.2 Å². The smallest absolute Gasteiger partial charge is 0.255 e. The highest BCUT2D eigenvalue weighted by atomic mass is 19.1. The Bertz CT molecular complexity index is 516. The largest absolute Gasteiger partial charge is 0.395 e. The normalized spacial score (nSPS) is 9.80. The van der Waals surface area contributed by atoms with Crippen LogP contribution in [0.1, 0.15) is 15.9 Å². The Morgan fingerprint density at radius 1 is 1.20 bits per heavy atom. The zero-order valence-corrected chi connectivity index (χ0v) is 10.8. The van der Waals surface area contributed by atoms with E-state index >= 15 is 0 Å². The Hall–Kier alpha value is -1.94. The fourth-order valence-electron chi connectivity index (χ4n) is 1.67. The minimum atomic E-state index is -0.542. The number of carbonyl (C=O) groups is 1. The van der Waals surface area contributed by atoms with Gasteiger partial charge in [-0.3, -0.25) is 4.79 Å². The van der Waals surface area contributed by atoms with Gasteiger partial charge in [-0.1, -0.05) is 11.8 Å². The summed E-state index contributed by atoms with van der Waals surface area (Å²) < 4.78 is 13.2. The van der Waals surface area contributed by atoms with Gasteiger partial charge in [0.05, 0.1) is 18.8 Å². The Kier molecular flexibility index (Phi) is 6.67. The number of benzene rings is 1. The third-order valence-electron chi connectivity index (χ3n) is 2.54. The topological polar surface area (TPSA) is 81.0 Å². The molecule has 5 nitrogen and oxygen atoms in total. The summed E-state index contributed by atoms with van der Waals surface area (Å²) in [5, 5.41) is 26.5. The lowest BCUT2D eigenvalue weighted by atomic mass is 10.1. The maximum absolute atomic E-state index is 13.2. The molecule has 0 unspecified atom stereocenters. The van der Waals surface area contributed by atoms with Gasteiger partial charge in [0.15, 0.2) is 0 Å². The summed E-state index contributed by atoms with van der Waals surface area (Å²) in [6.07, 6.45) is 0. The maximum Gasteiger partial charge on any atom is 0.255 e. The standard InChI is InChI=1S/C14H16FNO4/c15-12-3-4-13(11(10-12)2-1-7-17)14(20)16(5-8-18)6-9-19/h3-4,10,17-19H,5-9H2. The van der Waals surface area contributed by atoms with Crippen LogP contribution in [0.4, 0.5) is 4.39 Å². The molecule has 0 aliphatic heterocycles. The van der Waals surface area contributed by atoms with E-state index in [9.17, 15) is 9.18 Å². The molecule has 0 radical (unpaired) electrons. The lowest BCUT2D eigenvalue weighted by Crippen LogP contribution is -2.36. The first-order valence-electron chi connectivity index (χ1n) is 6.04. The SMILES string of the molecule is O=C(c1ccc(F)cc1C#CCO)N(CCO)CCO. The molecule has 1 aromatic rings. The predicted molar refractivity (Wildman–Crippen MR) is 70.4 cm³/mol. The third-order valence-corrected chi connectivity index (χ3v) is 2.54. The van der Waals surface area contributed by atoms with Crippen LogP contribution >= 0.6 is 0 Å². The number of aliphatic hydroxyl groups is 3. The van der Waals surface area contributed by atoms with Crippen LogP contribution in [0.3, 0.4) is 0 Å². The molecule has 3 N–H and O–H groups in total. The van der Waals surface area contributed by atoms with Crippen LogP contribution in [0.5, 0.6) is 0 Å². The van der Waals surface area contributed by atoms with Crippen molar-refractivity contribution < 1.29 is 24.5 Å². The minimum Gasteiger partial charge on any atom is -0.395 e. The number of carbonyl (C=O) groups excluding carboxylic acids is 1. The molecule has 0 aromatic heterocycles. The van der Waals surface area contributed by atoms with Crippen molar-refractivity contribution in [3.63, 3.8) is 0 Å². The van der Waals surface area contributed by atoms with Crippen molar-refractivity contribution in [2.24, 2.45) is 0 Å². The van der Waals surface area contributed by atoms with Crippen molar-refractivity contribution in [2.75, 3.05) is 32.9 Å². The van der Waals surface area contributed by atoms with Crippen LogP contribution in [0.15, 0.2) is 18.2 Å². The quantitative estimate of drug-likeness (QED) is 0.641. The maximum atomic E-state index is 13.2. The number of hydrogen-bond donors (Lipinski definition) is 3. The Morgan fingerprint density at radius 3 is 2.40 bits per heavy atom. The molecule has 0 heterocycles.